The quantitative estimate of drug-likeness (QED) is 0.727. The molecule has 0 spiro atoms. The van der Waals surface area contributed by atoms with E-state index in [2.05, 4.69) is 34.5 Å². The molecule has 0 radical (unpaired) electrons. The van der Waals surface area contributed by atoms with Gasteiger partial charge in [0.25, 0.3) is 0 Å². The minimum atomic E-state index is 0.0877. The van der Waals surface area contributed by atoms with E-state index in [1.165, 1.54) is 17.2 Å². The number of benzene rings is 2. The fourth-order valence-electron chi connectivity index (χ4n) is 3.66. The molecule has 0 aliphatic carbocycles. The summed E-state index contributed by atoms with van der Waals surface area (Å²) in [5.41, 5.74) is 1.05. The largest absolute Gasteiger partial charge is 0.395 e. The SMILES string of the molecule is O=C(Cc1ccc2ccccc2c1)NCCCCN1CCCC1CO. The fraction of sp³-hybridized carbons (Fsp3) is 0.476. The van der Waals surface area contributed by atoms with Crippen molar-refractivity contribution in [1.82, 2.24) is 10.2 Å². The maximum absolute atomic E-state index is 12.1. The van der Waals surface area contributed by atoms with E-state index in [9.17, 15) is 9.90 Å². The number of aliphatic hydroxyl groups is 1. The number of hydrogen-bond donors (Lipinski definition) is 2. The molecule has 1 heterocycles. The molecule has 0 saturated carbocycles. The van der Waals surface area contributed by atoms with Gasteiger partial charge in [-0.2, -0.15) is 0 Å². The lowest BCUT2D eigenvalue weighted by Gasteiger charge is -2.22. The lowest BCUT2D eigenvalue weighted by atomic mass is 10.0. The Morgan fingerprint density at radius 2 is 2.00 bits per heavy atom. The molecule has 1 saturated heterocycles. The van der Waals surface area contributed by atoms with Gasteiger partial charge in [-0.15, -0.1) is 0 Å². The van der Waals surface area contributed by atoms with Crippen LogP contribution in [0.5, 0.6) is 0 Å². The first-order valence-corrected chi connectivity index (χ1v) is 9.35. The molecular weight excluding hydrogens is 312 g/mol. The molecule has 0 aromatic heterocycles. The first-order chi connectivity index (χ1) is 12.3. The van der Waals surface area contributed by atoms with Gasteiger partial charge < -0.3 is 10.4 Å². The molecule has 4 nitrogen and oxygen atoms in total. The van der Waals surface area contributed by atoms with Crippen LogP contribution >= 0.6 is 0 Å². The third-order valence-corrected chi connectivity index (χ3v) is 5.08. The van der Waals surface area contributed by atoms with E-state index in [0.717, 1.165) is 44.5 Å². The van der Waals surface area contributed by atoms with Gasteiger partial charge in [-0.1, -0.05) is 42.5 Å². The van der Waals surface area contributed by atoms with Crippen LogP contribution in [-0.4, -0.2) is 48.2 Å². The number of carbonyl (C=O) groups excluding carboxylic acids is 1. The van der Waals surface area contributed by atoms with Crippen molar-refractivity contribution < 1.29 is 9.90 Å². The molecule has 25 heavy (non-hydrogen) atoms. The lowest BCUT2D eigenvalue weighted by Crippen LogP contribution is -2.33. The fourth-order valence-corrected chi connectivity index (χ4v) is 3.66. The van der Waals surface area contributed by atoms with Gasteiger partial charge in [0.2, 0.25) is 5.91 Å². The van der Waals surface area contributed by atoms with Gasteiger partial charge in [0, 0.05) is 12.6 Å². The van der Waals surface area contributed by atoms with Crippen LogP contribution in [0.15, 0.2) is 42.5 Å². The van der Waals surface area contributed by atoms with Gasteiger partial charge >= 0.3 is 0 Å². The number of nitrogens with one attached hydrogen (secondary N) is 1. The molecule has 2 aromatic carbocycles. The highest BCUT2D eigenvalue weighted by Gasteiger charge is 2.22. The number of likely N-dealkylation sites (tertiary alicyclic amines) is 1. The maximum atomic E-state index is 12.1. The van der Waals surface area contributed by atoms with Crippen LogP contribution in [0.25, 0.3) is 10.8 Å². The van der Waals surface area contributed by atoms with E-state index in [1.807, 2.05) is 18.2 Å². The number of unbranched alkanes of at least 4 members (excludes halogenated alkanes) is 1. The van der Waals surface area contributed by atoms with Crippen molar-refractivity contribution in [2.24, 2.45) is 0 Å². The third-order valence-electron chi connectivity index (χ3n) is 5.08. The molecular formula is C21H28N2O2. The molecule has 2 aromatic rings. The zero-order chi connectivity index (χ0) is 17.5. The van der Waals surface area contributed by atoms with Gasteiger partial charge in [0.1, 0.15) is 0 Å². The number of hydrogen-bond acceptors (Lipinski definition) is 3. The summed E-state index contributed by atoms with van der Waals surface area (Å²) in [6.45, 7) is 3.11. The Bertz CT molecular complexity index is 701. The molecule has 1 atom stereocenters. The van der Waals surface area contributed by atoms with Crippen LogP contribution in [0.2, 0.25) is 0 Å². The summed E-state index contributed by atoms with van der Waals surface area (Å²) in [4.78, 5) is 14.5. The van der Waals surface area contributed by atoms with Crippen LogP contribution in [-0.2, 0) is 11.2 Å². The minimum absolute atomic E-state index is 0.0877. The summed E-state index contributed by atoms with van der Waals surface area (Å²) in [6, 6.07) is 14.8. The minimum Gasteiger partial charge on any atom is -0.395 e. The van der Waals surface area contributed by atoms with Crippen LogP contribution in [0.3, 0.4) is 0 Å². The van der Waals surface area contributed by atoms with E-state index < -0.39 is 0 Å². The Hall–Kier alpha value is -1.91. The topological polar surface area (TPSA) is 52.6 Å². The lowest BCUT2D eigenvalue weighted by molar-refractivity contribution is -0.120. The summed E-state index contributed by atoms with van der Waals surface area (Å²) in [5.74, 6) is 0.0877. The second kappa shape index (κ2) is 8.97. The summed E-state index contributed by atoms with van der Waals surface area (Å²) in [6.07, 6.45) is 4.78. The molecule has 4 heteroatoms. The summed E-state index contributed by atoms with van der Waals surface area (Å²) < 4.78 is 0. The van der Waals surface area contributed by atoms with Crippen molar-refractivity contribution >= 4 is 16.7 Å². The molecule has 3 rings (SSSR count). The second-order valence-corrected chi connectivity index (χ2v) is 6.93. The highest BCUT2D eigenvalue weighted by molar-refractivity contribution is 5.85. The Kier molecular flexibility index (Phi) is 6.42. The highest BCUT2D eigenvalue weighted by atomic mass is 16.3. The molecule has 1 aliphatic heterocycles. The average molecular weight is 340 g/mol. The van der Waals surface area contributed by atoms with Gasteiger partial charge in [0.15, 0.2) is 0 Å². The summed E-state index contributed by atoms with van der Waals surface area (Å²) in [5, 5.41) is 14.7. The van der Waals surface area contributed by atoms with Crippen molar-refractivity contribution in [3.8, 4) is 0 Å². The maximum Gasteiger partial charge on any atom is 0.224 e. The van der Waals surface area contributed by atoms with E-state index in [0.29, 0.717) is 12.5 Å². The first kappa shape index (κ1) is 17.9. The van der Waals surface area contributed by atoms with Crippen LogP contribution in [0.1, 0.15) is 31.2 Å². The predicted octanol–water partition coefficient (Wildman–Crippen LogP) is 2.74. The predicted molar refractivity (Wildman–Crippen MR) is 102 cm³/mol. The van der Waals surface area contributed by atoms with Gasteiger partial charge in [-0.3, -0.25) is 9.69 Å². The highest BCUT2D eigenvalue weighted by Crippen LogP contribution is 2.17. The monoisotopic (exact) mass is 340 g/mol. The number of carbonyl (C=O) groups is 1. The molecule has 1 amide bonds. The molecule has 134 valence electrons. The Balaban J connectivity index is 1.36. The number of rotatable bonds is 8. The van der Waals surface area contributed by atoms with Crippen molar-refractivity contribution in [1.29, 1.82) is 0 Å². The van der Waals surface area contributed by atoms with Crippen molar-refractivity contribution in [2.75, 3.05) is 26.2 Å². The zero-order valence-electron chi connectivity index (χ0n) is 14.8. The number of fused-ring (bicyclic) bond motifs is 1. The zero-order valence-corrected chi connectivity index (χ0v) is 14.8. The van der Waals surface area contributed by atoms with Gasteiger partial charge in [0.05, 0.1) is 13.0 Å². The van der Waals surface area contributed by atoms with Crippen LogP contribution in [0, 0.1) is 0 Å². The first-order valence-electron chi connectivity index (χ1n) is 9.35. The molecule has 1 unspecified atom stereocenters. The van der Waals surface area contributed by atoms with Crippen molar-refractivity contribution in [2.45, 2.75) is 38.1 Å². The van der Waals surface area contributed by atoms with Crippen LogP contribution < -0.4 is 5.32 Å². The molecule has 1 aliphatic rings. The smallest absolute Gasteiger partial charge is 0.224 e. The van der Waals surface area contributed by atoms with Gasteiger partial charge in [-0.05, 0) is 55.1 Å². The van der Waals surface area contributed by atoms with E-state index >= 15 is 0 Å². The number of nitrogens with zero attached hydrogens (tertiary/aromatic N) is 1. The molecule has 0 bridgehead atoms. The van der Waals surface area contributed by atoms with Crippen LogP contribution in [0.4, 0.5) is 0 Å². The number of aliphatic hydroxyl groups excluding tert-OH is 1. The molecule has 1 fully saturated rings. The van der Waals surface area contributed by atoms with Crippen molar-refractivity contribution in [3.63, 3.8) is 0 Å². The Labute approximate surface area is 149 Å². The van der Waals surface area contributed by atoms with E-state index in [4.69, 9.17) is 0 Å². The average Bonchev–Trinajstić information content (AvgIpc) is 3.09. The Morgan fingerprint density at radius 1 is 1.16 bits per heavy atom. The normalized spacial score (nSPS) is 17.9. The van der Waals surface area contributed by atoms with E-state index in [-0.39, 0.29) is 12.5 Å². The van der Waals surface area contributed by atoms with E-state index in [1.54, 1.807) is 0 Å². The summed E-state index contributed by atoms with van der Waals surface area (Å²) in [7, 11) is 0. The number of amides is 1. The third kappa shape index (κ3) is 5.03. The van der Waals surface area contributed by atoms with Crippen molar-refractivity contribution in [3.05, 3.63) is 48.0 Å². The van der Waals surface area contributed by atoms with Gasteiger partial charge in [-0.25, -0.2) is 0 Å². The standard InChI is InChI=1S/C21H28N2O2/c24-16-20-8-5-13-23(20)12-4-3-11-22-21(25)15-17-9-10-18-6-1-2-7-19(18)14-17/h1-2,6-7,9-10,14,20,24H,3-5,8,11-13,15-16H2,(H,22,25). The summed E-state index contributed by atoms with van der Waals surface area (Å²) >= 11 is 0. The molecule has 2 N–H and O–H groups in total. The second-order valence-electron chi connectivity index (χ2n) is 6.93. The Morgan fingerprint density at radius 3 is 2.84 bits per heavy atom.